The summed E-state index contributed by atoms with van der Waals surface area (Å²) >= 11 is 0. The smallest absolute Gasteiger partial charge is 0.378 e. The van der Waals surface area contributed by atoms with Gasteiger partial charge in [0.05, 0.1) is 12.8 Å². The second kappa shape index (κ2) is 4.84. The zero-order valence-corrected chi connectivity index (χ0v) is 9.93. The zero-order chi connectivity index (χ0) is 13.1. The largest absolute Gasteiger partial charge is 0.495 e. The topological polar surface area (TPSA) is 87.0 Å². The SMILES string of the molecule is COc1ccccc1N1NOC(=O)/C1=C(/C)N=N. The van der Waals surface area contributed by atoms with E-state index in [1.165, 1.54) is 12.1 Å². The van der Waals surface area contributed by atoms with Crippen LogP contribution in [-0.2, 0) is 9.63 Å². The fourth-order valence-electron chi connectivity index (χ4n) is 1.62. The number of nitrogens with zero attached hydrogens (tertiary/aromatic N) is 2. The van der Waals surface area contributed by atoms with Gasteiger partial charge in [-0.1, -0.05) is 17.7 Å². The quantitative estimate of drug-likeness (QED) is 0.628. The maximum Gasteiger partial charge on any atom is 0.378 e. The summed E-state index contributed by atoms with van der Waals surface area (Å²) in [7, 11) is 1.53. The highest BCUT2D eigenvalue weighted by molar-refractivity contribution is 5.95. The molecule has 1 aliphatic heterocycles. The molecule has 1 aliphatic rings. The number of nitrogens with one attached hydrogen (secondary N) is 2. The van der Waals surface area contributed by atoms with Crippen molar-refractivity contribution in [1.82, 2.24) is 5.59 Å². The summed E-state index contributed by atoms with van der Waals surface area (Å²) in [4.78, 5) is 16.3. The second-order valence-electron chi connectivity index (χ2n) is 3.53. The molecule has 1 fully saturated rings. The highest BCUT2D eigenvalue weighted by Gasteiger charge is 2.33. The first-order valence-corrected chi connectivity index (χ1v) is 5.17. The number of allylic oxidation sites excluding steroid dienone is 1. The number of hydrogen-bond acceptors (Lipinski definition) is 7. The summed E-state index contributed by atoms with van der Waals surface area (Å²) in [5.74, 6) is -0.0204. The molecule has 1 aromatic rings. The molecule has 0 radical (unpaired) electrons. The molecule has 2 N–H and O–H groups in total. The predicted molar refractivity (Wildman–Crippen MR) is 62.5 cm³/mol. The van der Waals surface area contributed by atoms with E-state index in [2.05, 4.69) is 10.7 Å². The number of ether oxygens (including phenoxy) is 1. The molecule has 0 spiro atoms. The minimum atomic E-state index is -0.589. The van der Waals surface area contributed by atoms with Crippen LogP contribution in [0, 0.1) is 5.53 Å². The van der Waals surface area contributed by atoms with Crippen LogP contribution in [0.1, 0.15) is 6.92 Å². The molecule has 0 atom stereocenters. The van der Waals surface area contributed by atoms with Crippen LogP contribution in [-0.4, -0.2) is 13.1 Å². The predicted octanol–water partition coefficient (Wildman–Crippen LogP) is 1.74. The number of carbonyl (C=O) groups is 1. The summed E-state index contributed by atoms with van der Waals surface area (Å²) in [5, 5.41) is 4.66. The van der Waals surface area contributed by atoms with Gasteiger partial charge in [-0.2, -0.15) is 5.11 Å². The fourth-order valence-corrected chi connectivity index (χ4v) is 1.62. The molecule has 0 unspecified atom stereocenters. The highest BCUT2D eigenvalue weighted by atomic mass is 16.7. The van der Waals surface area contributed by atoms with Gasteiger partial charge in [-0.25, -0.2) is 15.3 Å². The van der Waals surface area contributed by atoms with Crippen molar-refractivity contribution in [3.05, 3.63) is 35.7 Å². The van der Waals surface area contributed by atoms with Gasteiger partial charge < -0.3 is 9.57 Å². The van der Waals surface area contributed by atoms with E-state index in [0.29, 0.717) is 11.4 Å². The minimum Gasteiger partial charge on any atom is -0.495 e. The summed E-state index contributed by atoms with van der Waals surface area (Å²) in [6.45, 7) is 1.55. The van der Waals surface area contributed by atoms with E-state index in [9.17, 15) is 4.79 Å². The summed E-state index contributed by atoms with van der Waals surface area (Å²) in [6.07, 6.45) is 0. The molecule has 2 rings (SSSR count). The van der Waals surface area contributed by atoms with Crippen LogP contribution in [0.3, 0.4) is 0 Å². The van der Waals surface area contributed by atoms with Gasteiger partial charge in [0.1, 0.15) is 11.4 Å². The summed E-state index contributed by atoms with van der Waals surface area (Å²) in [5.41, 5.74) is 10.5. The van der Waals surface area contributed by atoms with Gasteiger partial charge in [-0.3, -0.25) is 0 Å². The van der Waals surface area contributed by atoms with Crippen LogP contribution in [0.25, 0.3) is 0 Å². The van der Waals surface area contributed by atoms with Crippen LogP contribution in [0.4, 0.5) is 5.69 Å². The Morgan fingerprint density at radius 3 is 2.89 bits per heavy atom. The van der Waals surface area contributed by atoms with E-state index in [0.717, 1.165) is 0 Å². The lowest BCUT2D eigenvalue weighted by Crippen LogP contribution is -2.29. The Labute approximate surface area is 103 Å². The van der Waals surface area contributed by atoms with Crippen molar-refractivity contribution in [3.63, 3.8) is 0 Å². The number of hydrazine groups is 1. The van der Waals surface area contributed by atoms with Crippen LogP contribution < -0.4 is 15.3 Å². The number of carbonyl (C=O) groups excluding carboxylic acids is 1. The molecular formula is C11H12N4O3. The van der Waals surface area contributed by atoms with E-state index >= 15 is 0 Å². The summed E-state index contributed by atoms with van der Waals surface area (Å²) in [6, 6.07) is 7.12. The molecule has 7 nitrogen and oxygen atoms in total. The van der Waals surface area contributed by atoms with Crippen molar-refractivity contribution in [2.75, 3.05) is 12.1 Å². The van der Waals surface area contributed by atoms with Crippen molar-refractivity contribution >= 4 is 11.7 Å². The maximum atomic E-state index is 11.6. The molecule has 7 heteroatoms. The van der Waals surface area contributed by atoms with E-state index in [4.69, 9.17) is 15.1 Å². The minimum absolute atomic E-state index is 0.162. The molecular weight excluding hydrogens is 236 g/mol. The molecule has 1 heterocycles. The third-order valence-electron chi connectivity index (χ3n) is 2.48. The fraction of sp³-hybridized carbons (Fsp3) is 0.182. The van der Waals surface area contributed by atoms with E-state index in [1.54, 1.807) is 25.1 Å². The standard InChI is InChI=1S/C11H12N4O3/c1-7(13-12)10-11(16)18-14-15(10)8-5-3-4-6-9(8)17-2/h3-6,12,14H,1-2H3/b10-7+,13-12?. The first-order valence-electron chi connectivity index (χ1n) is 5.17. The number of methoxy groups -OCH3 is 1. The normalized spacial score (nSPS) is 17.4. The Kier molecular flexibility index (Phi) is 3.24. The van der Waals surface area contributed by atoms with Crippen LogP contribution in [0.2, 0.25) is 0 Å². The van der Waals surface area contributed by atoms with Crippen LogP contribution in [0.5, 0.6) is 5.75 Å². The number of para-hydroxylation sites is 2. The third-order valence-corrected chi connectivity index (χ3v) is 2.48. The lowest BCUT2D eigenvalue weighted by Gasteiger charge is -2.18. The Bertz CT molecular complexity index is 527. The molecule has 0 bridgehead atoms. The first kappa shape index (κ1) is 12.1. The molecule has 1 saturated heterocycles. The van der Waals surface area contributed by atoms with Gasteiger partial charge >= 0.3 is 5.97 Å². The van der Waals surface area contributed by atoms with E-state index < -0.39 is 5.97 Å². The van der Waals surface area contributed by atoms with Crippen molar-refractivity contribution in [1.29, 1.82) is 5.53 Å². The molecule has 0 aliphatic carbocycles. The molecule has 0 saturated carbocycles. The van der Waals surface area contributed by atoms with Gasteiger partial charge in [0, 0.05) is 0 Å². The molecule has 18 heavy (non-hydrogen) atoms. The Morgan fingerprint density at radius 2 is 2.22 bits per heavy atom. The number of hydrogen-bond donors (Lipinski definition) is 2. The van der Waals surface area contributed by atoms with E-state index in [1.807, 2.05) is 6.07 Å². The maximum absolute atomic E-state index is 11.6. The first-order chi connectivity index (χ1) is 8.69. The third kappa shape index (κ3) is 1.91. The Morgan fingerprint density at radius 1 is 1.50 bits per heavy atom. The Balaban J connectivity index is 2.50. The number of benzene rings is 1. The van der Waals surface area contributed by atoms with Crippen molar-refractivity contribution in [3.8, 4) is 5.75 Å². The van der Waals surface area contributed by atoms with Gasteiger partial charge in [0.2, 0.25) is 0 Å². The van der Waals surface area contributed by atoms with Crippen molar-refractivity contribution < 1.29 is 14.4 Å². The van der Waals surface area contributed by atoms with E-state index in [-0.39, 0.29) is 11.4 Å². The Hall–Kier alpha value is -2.41. The van der Waals surface area contributed by atoms with Crippen molar-refractivity contribution in [2.24, 2.45) is 5.11 Å². The molecule has 0 amide bonds. The van der Waals surface area contributed by atoms with Crippen LogP contribution >= 0.6 is 0 Å². The van der Waals surface area contributed by atoms with Crippen molar-refractivity contribution in [2.45, 2.75) is 6.92 Å². The molecule has 94 valence electrons. The lowest BCUT2D eigenvalue weighted by atomic mass is 10.2. The average Bonchev–Trinajstić information content (AvgIpc) is 2.79. The van der Waals surface area contributed by atoms with Gasteiger partial charge in [0.25, 0.3) is 0 Å². The lowest BCUT2D eigenvalue weighted by molar-refractivity contribution is -0.140. The second-order valence-corrected chi connectivity index (χ2v) is 3.53. The van der Waals surface area contributed by atoms with Gasteiger partial charge in [0.15, 0.2) is 5.70 Å². The molecule has 0 aromatic heterocycles. The number of anilines is 1. The summed E-state index contributed by atoms with van der Waals surface area (Å²) < 4.78 is 5.21. The van der Waals surface area contributed by atoms with Gasteiger partial charge in [-0.05, 0) is 19.1 Å². The number of rotatable bonds is 3. The van der Waals surface area contributed by atoms with Crippen LogP contribution in [0.15, 0.2) is 40.8 Å². The molecule has 1 aromatic carbocycles. The highest BCUT2D eigenvalue weighted by Crippen LogP contribution is 2.32. The zero-order valence-electron chi connectivity index (χ0n) is 9.93. The monoisotopic (exact) mass is 248 g/mol. The van der Waals surface area contributed by atoms with Gasteiger partial charge in [-0.15, -0.1) is 0 Å². The average molecular weight is 248 g/mol.